The molecule has 0 unspecified atom stereocenters. The maximum absolute atomic E-state index is 12.8. The third-order valence-corrected chi connectivity index (χ3v) is 6.50. The van der Waals surface area contributed by atoms with Crippen LogP contribution in [-0.4, -0.2) is 35.3 Å². The van der Waals surface area contributed by atoms with Gasteiger partial charge in [-0.25, -0.2) is 0 Å². The Morgan fingerprint density at radius 2 is 1.76 bits per heavy atom. The summed E-state index contributed by atoms with van der Waals surface area (Å²) >= 11 is 19.2. The highest BCUT2D eigenvalue weighted by Gasteiger charge is 2.40. The van der Waals surface area contributed by atoms with Crippen molar-refractivity contribution in [3.63, 3.8) is 0 Å². The number of rotatable bonds is 4. The second kappa shape index (κ2) is 7.35. The normalized spacial score (nSPS) is 20.1. The molecule has 1 fully saturated rings. The molecule has 0 atom stereocenters. The summed E-state index contributed by atoms with van der Waals surface area (Å²) in [5, 5.41) is 1.02. The summed E-state index contributed by atoms with van der Waals surface area (Å²) in [7, 11) is 1.95. The Balaban J connectivity index is 2.14. The lowest BCUT2D eigenvalue weighted by molar-refractivity contribution is -0.122. The number of carbonyl (C=O) groups is 1. The third-order valence-electron chi connectivity index (χ3n) is 4.35. The van der Waals surface area contributed by atoms with Gasteiger partial charge in [-0.05, 0) is 25.5 Å². The number of likely N-dealkylation sites (N-methyl/N-ethyl adjacent to an activating group) is 1. The first-order valence-corrected chi connectivity index (χ1v) is 10.2. The fourth-order valence-corrected chi connectivity index (χ4v) is 4.85. The van der Waals surface area contributed by atoms with Crippen LogP contribution in [0.25, 0.3) is 0 Å². The highest BCUT2D eigenvalue weighted by molar-refractivity contribution is 8.26. The number of hydrogen-bond donors (Lipinski definition) is 0. The molecule has 2 aliphatic heterocycles. The first-order valence-electron chi connectivity index (χ1n) is 8.18. The van der Waals surface area contributed by atoms with Crippen LogP contribution in [0.2, 0.25) is 10.0 Å². The van der Waals surface area contributed by atoms with Crippen LogP contribution >= 0.6 is 47.2 Å². The molecule has 1 saturated heterocycles. The highest BCUT2D eigenvalue weighted by Crippen LogP contribution is 2.48. The van der Waals surface area contributed by atoms with Crippen molar-refractivity contribution in [2.45, 2.75) is 26.7 Å². The number of amides is 1. The predicted octanol–water partition coefficient (Wildman–Crippen LogP) is 5.10. The highest BCUT2D eigenvalue weighted by atomic mass is 35.5. The molecule has 0 aliphatic carbocycles. The van der Waals surface area contributed by atoms with Crippen LogP contribution in [-0.2, 0) is 4.79 Å². The number of halogens is 2. The molecule has 25 heavy (non-hydrogen) atoms. The van der Waals surface area contributed by atoms with E-state index in [9.17, 15) is 4.79 Å². The van der Waals surface area contributed by atoms with Gasteiger partial charge in [0.1, 0.15) is 15.0 Å². The Morgan fingerprint density at radius 3 is 2.32 bits per heavy atom. The van der Waals surface area contributed by atoms with Crippen molar-refractivity contribution in [2.75, 3.05) is 29.9 Å². The van der Waals surface area contributed by atoms with Crippen LogP contribution in [0.15, 0.2) is 22.9 Å². The van der Waals surface area contributed by atoms with Gasteiger partial charge in [0.2, 0.25) is 0 Å². The van der Waals surface area contributed by atoms with Crippen LogP contribution in [0.5, 0.6) is 0 Å². The zero-order valence-electron chi connectivity index (χ0n) is 14.3. The predicted molar refractivity (Wildman–Crippen MR) is 112 cm³/mol. The molecule has 3 rings (SSSR count). The van der Waals surface area contributed by atoms with Gasteiger partial charge in [0.15, 0.2) is 0 Å². The zero-order chi connectivity index (χ0) is 18.3. The smallest absolute Gasteiger partial charge is 0.269 e. The van der Waals surface area contributed by atoms with Crippen LogP contribution in [0, 0.1) is 0 Å². The molecule has 0 N–H and O–H groups in total. The van der Waals surface area contributed by atoms with Crippen LogP contribution in [0.3, 0.4) is 0 Å². The fourth-order valence-electron chi connectivity index (χ4n) is 3.04. The number of hydrogen-bond acceptors (Lipinski definition) is 5. The minimum atomic E-state index is -0.0363. The van der Waals surface area contributed by atoms with E-state index in [1.54, 1.807) is 4.90 Å². The van der Waals surface area contributed by atoms with Crippen molar-refractivity contribution in [3.05, 3.63) is 32.9 Å². The molecule has 1 amide bonds. The van der Waals surface area contributed by atoms with Gasteiger partial charge in [0.05, 0.1) is 21.4 Å². The SMILES string of the molecule is CCCCN1/C(=C2\SC(=S)N(CC)C2=O)N(C)c2cc(Cl)c(Cl)cc21. The van der Waals surface area contributed by atoms with Crippen molar-refractivity contribution in [1.82, 2.24) is 4.90 Å². The molecule has 0 saturated carbocycles. The number of anilines is 2. The lowest BCUT2D eigenvalue weighted by Crippen LogP contribution is -2.32. The summed E-state index contributed by atoms with van der Waals surface area (Å²) in [5.41, 5.74) is 1.92. The van der Waals surface area contributed by atoms with Gasteiger partial charge >= 0.3 is 0 Å². The molecular weight excluding hydrogens is 397 g/mol. The van der Waals surface area contributed by atoms with Gasteiger partial charge in [-0.15, -0.1) is 0 Å². The van der Waals surface area contributed by atoms with Gasteiger partial charge in [-0.3, -0.25) is 9.69 Å². The van der Waals surface area contributed by atoms with E-state index >= 15 is 0 Å². The van der Waals surface area contributed by atoms with E-state index in [0.717, 1.165) is 36.6 Å². The molecule has 8 heteroatoms. The molecule has 0 bridgehead atoms. The zero-order valence-corrected chi connectivity index (χ0v) is 17.5. The Kier molecular flexibility index (Phi) is 5.54. The van der Waals surface area contributed by atoms with Gasteiger partial charge in [-0.1, -0.05) is 60.5 Å². The first-order chi connectivity index (χ1) is 11.9. The van der Waals surface area contributed by atoms with Gasteiger partial charge in [-0.2, -0.15) is 0 Å². The van der Waals surface area contributed by atoms with E-state index in [2.05, 4.69) is 11.8 Å². The van der Waals surface area contributed by atoms with Crippen LogP contribution < -0.4 is 9.80 Å². The molecular formula is C17H19Cl2N3OS2. The molecule has 4 nitrogen and oxygen atoms in total. The minimum Gasteiger partial charge on any atom is -0.328 e. The first kappa shape index (κ1) is 18.8. The summed E-state index contributed by atoms with van der Waals surface area (Å²) < 4.78 is 0.603. The Bertz CT molecular complexity index is 781. The maximum Gasteiger partial charge on any atom is 0.269 e. The van der Waals surface area contributed by atoms with E-state index in [1.807, 2.05) is 31.0 Å². The summed E-state index contributed by atoms with van der Waals surface area (Å²) in [4.78, 5) is 19.3. The Morgan fingerprint density at radius 1 is 1.12 bits per heavy atom. The van der Waals surface area contributed by atoms with Gasteiger partial charge in [0, 0.05) is 20.1 Å². The lowest BCUT2D eigenvalue weighted by atomic mass is 10.2. The van der Waals surface area contributed by atoms with E-state index in [-0.39, 0.29) is 5.91 Å². The summed E-state index contributed by atoms with van der Waals surface area (Å²) in [6.45, 7) is 5.45. The van der Waals surface area contributed by atoms with E-state index < -0.39 is 0 Å². The standard InChI is InChI=1S/C17H19Cl2N3OS2/c1-4-6-7-22-13-9-11(19)10(18)8-12(13)20(3)15(22)14-16(23)21(5-2)17(24)25-14/h8-9H,4-7H2,1-3H3/b15-14-. The molecule has 0 aromatic heterocycles. The minimum absolute atomic E-state index is 0.0363. The van der Waals surface area contributed by atoms with Crippen molar-refractivity contribution in [2.24, 2.45) is 0 Å². The van der Waals surface area contributed by atoms with Crippen LogP contribution in [0.1, 0.15) is 26.7 Å². The van der Waals surface area contributed by atoms with Gasteiger partial charge < -0.3 is 9.80 Å². The van der Waals surface area contributed by atoms with E-state index in [4.69, 9.17) is 35.4 Å². The fraction of sp³-hybridized carbons (Fsp3) is 0.412. The second-order valence-corrected chi connectivity index (χ2v) is 8.35. The summed E-state index contributed by atoms with van der Waals surface area (Å²) in [6, 6.07) is 3.73. The number of thiocarbonyl (C=S) groups is 1. The molecule has 0 radical (unpaired) electrons. The number of benzene rings is 1. The van der Waals surface area contributed by atoms with E-state index in [0.29, 0.717) is 25.8 Å². The molecule has 0 spiro atoms. The largest absolute Gasteiger partial charge is 0.328 e. The Hall–Kier alpha value is -0.950. The average molecular weight is 416 g/mol. The third kappa shape index (κ3) is 3.14. The molecule has 134 valence electrons. The van der Waals surface area contributed by atoms with E-state index in [1.165, 1.54) is 11.8 Å². The maximum atomic E-state index is 12.8. The second-order valence-electron chi connectivity index (χ2n) is 5.89. The number of thioether (sulfide) groups is 1. The molecule has 1 aromatic carbocycles. The van der Waals surface area contributed by atoms with Crippen molar-refractivity contribution >= 4 is 68.8 Å². The topological polar surface area (TPSA) is 26.8 Å². The Labute approximate surface area is 167 Å². The number of unbranched alkanes of at least 4 members (excludes halogenated alkanes) is 1. The van der Waals surface area contributed by atoms with Crippen molar-refractivity contribution in [1.29, 1.82) is 0 Å². The average Bonchev–Trinajstić information content (AvgIpc) is 3.00. The van der Waals surface area contributed by atoms with Crippen molar-refractivity contribution < 1.29 is 4.79 Å². The molecule has 2 heterocycles. The number of carbonyl (C=O) groups excluding carboxylic acids is 1. The van der Waals surface area contributed by atoms with Gasteiger partial charge in [0.25, 0.3) is 5.91 Å². The summed E-state index contributed by atoms with van der Waals surface area (Å²) in [6.07, 6.45) is 2.06. The summed E-state index contributed by atoms with van der Waals surface area (Å²) in [5.74, 6) is 0.820. The quantitative estimate of drug-likeness (QED) is 0.503. The lowest BCUT2D eigenvalue weighted by Gasteiger charge is -2.24. The molecule has 1 aromatic rings. The monoisotopic (exact) mass is 415 g/mol. The van der Waals surface area contributed by atoms with Crippen LogP contribution in [0.4, 0.5) is 11.4 Å². The molecule has 2 aliphatic rings. The number of nitrogens with zero attached hydrogens (tertiary/aromatic N) is 3. The number of fused-ring (bicyclic) bond motifs is 1. The van der Waals surface area contributed by atoms with Crippen molar-refractivity contribution in [3.8, 4) is 0 Å².